The van der Waals surface area contributed by atoms with Gasteiger partial charge >= 0.3 is 0 Å². The van der Waals surface area contributed by atoms with Crippen molar-refractivity contribution in [1.82, 2.24) is 8.75 Å². The van der Waals surface area contributed by atoms with Crippen LogP contribution in [0.1, 0.15) is 102 Å². The molecule has 12 heteroatoms. The predicted molar refractivity (Wildman–Crippen MR) is 237 cm³/mol. The molecule has 0 aliphatic carbocycles. The van der Waals surface area contributed by atoms with E-state index < -0.39 is 0 Å². The van der Waals surface area contributed by atoms with Crippen LogP contribution in [0.2, 0.25) is 0 Å². The molecule has 0 spiro atoms. The van der Waals surface area contributed by atoms with Gasteiger partial charge in [-0.2, -0.15) is 19.3 Å². The van der Waals surface area contributed by atoms with Crippen molar-refractivity contribution in [3.63, 3.8) is 0 Å². The normalized spacial score (nSPS) is 11.9. The van der Waals surface area contributed by atoms with E-state index in [1.807, 2.05) is 36.4 Å². The first-order chi connectivity index (χ1) is 27.6. The molecule has 3 aromatic carbocycles. The first kappa shape index (κ1) is 39.6. The highest BCUT2D eigenvalue weighted by Gasteiger charge is 2.29. The number of thiophene rings is 2. The van der Waals surface area contributed by atoms with Crippen LogP contribution in [0.5, 0.6) is 11.5 Å². The van der Waals surface area contributed by atoms with Gasteiger partial charge in [-0.15, -0.1) is 22.7 Å². The SMILES string of the molecule is CCCCCCCCOc1cc(-c2ccc(-c3c4c(c(-c5ccc(-c6ccc(C#N)c(OCCCCCCCC)c6)s5)c5nsnc35)NSN4)s2)ccc1C#N. The lowest BCUT2D eigenvalue weighted by Crippen LogP contribution is -1.99. The second-order valence-electron chi connectivity index (χ2n) is 14.0. The number of ether oxygens (including phenoxy) is 2. The second kappa shape index (κ2) is 19.5. The van der Waals surface area contributed by atoms with E-state index in [-0.39, 0.29) is 0 Å². The zero-order valence-corrected chi connectivity index (χ0v) is 35.2. The molecule has 1 aliphatic heterocycles. The zero-order valence-electron chi connectivity index (χ0n) is 31.9. The van der Waals surface area contributed by atoms with Gasteiger partial charge in [0.2, 0.25) is 0 Å². The first-order valence-electron chi connectivity index (χ1n) is 19.7. The van der Waals surface area contributed by atoms with Crippen LogP contribution in [-0.2, 0) is 0 Å². The molecule has 1 aliphatic rings. The van der Waals surface area contributed by atoms with Gasteiger partial charge in [0, 0.05) is 30.6 Å². The fraction of sp³-hybridized carbons (Fsp3) is 0.364. The molecule has 0 bridgehead atoms. The molecule has 56 heavy (non-hydrogen) atoms. The van der Waals surface area contributed by atoms with Crippen molar-refractivity contribution in [2.75, 3.05) is 22.7 Å². The van der Waals surface area contributed by atoms with Crippen molar-refractivity contribution >= 4 is 68.9 Å². The number of anilines is 2. The second-order valence-corrected chi connectivity index (χ2v) is 17.3. The summed E-state index contributed by atoms with van der Waals surface area (Å²) >= 11 is 6.05. The number of benzene rings is 3. The molecule has 0 amide bonds. The van der Waals surface area contributed by atoms with Crippen molar-refractivity contribution in [1.29, 1.82) is 10.5 Å². The van der Waals surface area contributed by atoms with Crippen LogP contribution in [0.15, 0.2) is 60.7 Å². The van der Waals surface area contributed by atoms with Gasteiger partial charge in [-0.25, -0.2) is 0 Å². The average molecular weight is 819 g/mol. The molecule has 0 radical (unpaired) electrons. The molecule has 7 rings (SSSR count). The molecule has 0 unspecified atom stereocenters. The lowest BCUT2D eigenvalue weighted by Gasteiger charge is -2.12. The number of nitriles is 2. The first-order valence-corrected chi connectivity index (χ1v) is 22.9. The van der Waals surface area contributed by atoms with Crippen LogP contribution in [0.3, 0.4) is 0 Å². The lowest BCUT2D eigenvalue weighted by atomic mass is 10.0. The molecular formula is C44H46N6O2S4. The lowest BCUT2D eigenvalue weighted by molar-refractivity contribution is 0.303. The average Bonchev–Trinajstić information content (AvgIpc) is 4.07. The summed E-state index contributed by atoms with van der Waals surface area (Å²) in [4.78, 5) is 4.33. The Bertz CT molecular complexity index is 2190. The van der Waals surface area contributed by atoms with Crippen LogP contribution >= 0.6 is 46.5 Å². The van der Waals surface area contributed by atoms with Crippen LogP contribution in [0, 0.1) is 22.7 Å². The zero-order chi connectivity index (χ0) is 38.7. The topological polar surface area (TPSA) is 116 Å². The third-order valence-electron chi connectivity index (χ3n) is 10.0. The van der Waals surface area contributed by atoms with E-state index in [0.29, 0.717) is 35.8 Å². The van der Waals surface area contributed by atoms with Gasteiger partial charge in [0.25, 0.3) is 0 Å². The highest BCUT2D eigenvalue weighted by atomic mass is 32.2. The van der Waals surface area contributed by atoms with Crippen molar-refractivity contribution in [2.45, 2.75) is 90.9 Å². The maximum absolute atomic E-state index is 9.79. The number of nitrogens with one attached hydrogen (secondary N) is 2. The van der Waals surface area contributed by atoms with Crippen molar-refractivity contribution < 1.29 is 9.47 Å². The fourth-order valence-corrected chi connectivity index (χ4v) is 10.3. The molecule has 4 heterocycles. The number of hydrogen-bond acceptors (Lipinski definition) is 12. The largest absolute Gasteiger partial charge is 0.492 e. The number of nitrogens with zero attached hydrogens (tertiary/aromatic N) is 4. The number of unbranched alkanes of at least 4 members (excludes halogenated alkanes) is 10. The summed E-state index contributed by atoms with van der Waals surface area (Å²) in [5.74, 6) is 1.28. The van der Waals surface area contributed by atoms with Gasteiger partial charge in [0.05, 0.1) is 59.6 Å². The number of aromatic nitrogens is 2. The molecule has 2 N–H and O–H groups in total. The fourth-order valence-electron chi connectivity index (χ4n) is 6.97. The molecule has 8 nitrogen and oxygen atoms in total. The molecule has 288 valence electrons. The summed E-state index contributed by atoms with van der Waals surface area (Å²) in [7, 11) is 0. The number of fused-ring (bicyclic) bond motifs is 2. The number of hydrogen-bond donors (Lipinski definition) is 2. The highest BCUT2D eigenvalue weighted by Crippen LogP contribution is 2.54. The van der Waals surface area contributed by atoms with E-state index in [9.17, 15) is 10.5 Å². The Balaban J connectivity index is 1.13. The molecule has 3 aromatic heterocycles. The third-order valence-corrected chi connectivity index (χ3v) is 13.5. The van der Waals surface area contributed by atoms with E-state index in [2.05, 4.69) is 59.7 Å². The van der Waals surface area contributed by atoms with E-state index in [4.69, 9.17) is 18.2 Å². The molecule has 0 saturated heterocycles. The Morgan fingerprint density at radius 2 is 0.982 bits per heavy atom. The molecule has 0 atom stereocenters. The van der Waals surface area contributed by atoms with Gasteiger partial charge in [0.15, 0.2) is 0 Å². The van der Waals surface area contributed by atoms with E-state index in [1.165, 1.54) is 75.2 Å². The Morgan fingerprint density at radius 1 is 0.554 bits per heavy atom. The van der Waals surface area contributed by atoms with Crippen LogP contribution in [0.4, 0.5) is 11.4 Å². The minimum Gasteiger partial charge on any atom is -0.492 e. The smallest absolute Gasteiger partial charge is 0.137 e. The van der Waals surface area contributed by atoms with Gasteiger partial charge in [-0.1, -0.05) is 90.2 Å². The third kappa shape index (κ3) is 9.00. The van der Waals surface area contributed by atoms with Crippen LogP contribution in [-0.4, -0.2) is 22.0 Å². The van der Waals surface area contributed by atoms with Crippen LogP contribution in [0.25, 0.3) is 52.8 Å². The quantitative estimate of drug-likeness (QED) is 0.0573. The van der Waals surface area contributed by atoms with Crippen LogP contribution < -0.4 is 18.9 Å². The van der Waals surface area contributed by atoms with Gasteiger partial charge in [-0.3, -0.25) is 0 Å². The van der Waals surface area contributed by atoms with Gasteiger partial charge in [-0.05, 0) is 72.5 Å². The maximum Gasteiger partial charge on any atom is 0.137 e. The molecular weight excluding hydrogens is 773 g/mol. The molecule has 0 fully saturated rings. The van der Waals surface area contributed by atoms with E-state index >= 15 is 0 Å². The maximum atomic E-state index is 9.79. The van der Waals surface area contributed by atoms with Gasteiger partial charge in [0.1, 0.15) is 34.7 Å². The Hall–Kier alpha value is -4.59. The Morgan fingerprint density at radius 3 is 1.43 bits per heavy atom. The summed E-state index contributed by atoms with van der Waals surface area (Å²) in [6.45, 7) is 5.68. The number of rotatable bonds is 20. The Labute approximate surface area is 346 Å². The predicted octanol–water partition coefficient (Wildman–Crippen LogP) is 14.1. The monoisotopic (exact) mass is 818 g/mol. The summed E-state index contributed by atoms with van der Waals surface area (Å²) in [6, 6.07) is 24.9. The van der Waals surface area contributed by atoms with Crippen molar-refractivity contribution in [3.8, 4) is 65.4 Å². The highest BCUT2D eigenvalue weighted by molar-refractivity contribution is 8.02. The summed E-state index contributed by atoms with van der Waals surface area (Å²) in [6.07, 6.45) is 14.2. The Kier molecular flexibility index (Phi) is 13.8. The molecule has 0 saturated carbocycles. The molecule has 6 aromatic rings. The summed E-state index contributed by atoms with van der Waals surface area (Å²) in [5, 5.41) is 19.6. The standard InChI is InChI=1S/C44H46N6O2S4/c1-3-5-7-9-11-13-23-51-33-25-29(15-17-31(33)27-45)35-19-21-37(53-35)39-41-43(49-55-47-41)40(44-42(39)48-56-50-44)38-22-20-36(54-38)30-16-18-32(28-46)34(26-30)52-24-14-12-10-8-6-4-2/h15-22,25-26,47,49H,3-14,23-24H2,1-2H3. The van der Waals surface area contributed by atoms with Gasteiger partial charge < -0.3 is 18.9 Å². The minimum absolute atomic E-state index is 0.556. The summed E-state index contributed by atoms with van der Waals surface area (Å²) in [5.41, 5.74) is 8.87. The minimum atomic E-state index is 0.556. The summed E-state index contributed by atoms with van der Waals surface area (Å²) < 4.78 is 29.1. The van der Waals surface area contributed by atoms with E-state index in [1.54, 1.807) is 22.7 Å². The van der Waals surface area contributed by atoms with Crippen molar-refractivity contribution in [3.05, 3.63) is 71.8 Å². The van der Waals surface area contributed by atoms with E-state index in [0.717, 1.165) is 89.9 Å². The van der Waals surface area contributed by atoms with Crippen molar-refractivity contribution in [2.24, 2.45) is 0 Å².